The summed E-state index contributed by atoms with van der Waals surface area (Å²) in [4.78, 5) is 2.65. The summed E-state index contributed by atoms with van der Waals surface area (Å²) in [5, 5.41) is 3.87. The molecule has 0 aromatic carbocycles. The molecule has 0 aromatic heterocycles. The molecule has 3 heteroatoms. The average Bonchev–Trinajstić information content (AvgIpc) is 2.87. The zero-order valence-corrected chi connectivity index (χ0v) is 13.0. The van der Waals surface area contributed by atoms with Crippen LogP contribution in [0.3, 0.4) is 0 Å². The van der Waals surface area contributed by atoms with Gasteiger partial charge in [0, 0.05) is 25.7 Å². The predicted molar refractivity (Wildman–Crippen MR) is 80.5 cm³/mol. The number of nitrogens with zero attached hydrogens (tertiary/aromatic N) is 1. The van der Waals surface area contributed by atoms with Crippen LogP contribution in [0.5, 0.6) is 0 Å². The molecule has 1 aliphatic heterocycles. The first kappa shape index (κ1) is 15.3. The zero-order chi connectivity index (χ0) is 13.7. The van der Waals surface area contributed by atoms with Gasteiger partial charge in [-0.1, -0.05) is 6.92 Å². The van der Waals surface area contributed by atoms with Gasteiger partial charge in [0.25, 0.3) is 0 Å². The van der Waals surface area contributed by atoms with Crippen molar-refractivity contribution in [3.63, 3.8) is 0 Å². The van der Waals surface area contributed by atoms with Crippen LogP contribution in [0.15, 0.2) is 0 Å². The molecule has 0 bridgehead atoms. The van der Waals surface area contributed by atoms with Crippen LogP contribution in [0.4, 0.5) is 0 Å². The van der Waals surface area contributed by atoms with E-state index in [0.717, 1.165) is 5.92 Å². The second kappa shape index (κ2) is 7.61. The number of hydrogen-bond acceptors (Lipinski definition) is 3. The first-order chi connectivity index (χ1) is 9.22. The molecule has 19 heavy (non-hydrogen) atoms. The number of methoxy groups -OCH3 is 1. The molecule has 1 heterocycles. The van der Waals surface area contributed by atoms with Crippen molar-refractivity contribution >= 4 is 0 Å². The lowest BCUT2D eigenvalue weighted by Crippen LogP contribution is -2.47. The summed E-state index contributed by atoms with van der Waals surface area (Å²) in [5.41, 5.74) is 0. The largest absolute Gasteiger partial charge is 0.381 e. The number of hydrogen-bond donors (Lipinski definition) is 1. The average molecular weight is 268 g/mol. The van der Waals surface area contributed by atoms with Crippen LogP contribution in [0.1, 0.15) is 52.4 Å². The standard InChI is InChI=1S/C16H32N2O/c1-4-9-18-10-5-6-14(12-18)13(2)17-15-7-8-16(11-15)19-3/h13-17H,4-12H2,1-3H3. The van der Waals surface area contributed by atoms with Gasteiger partial charge in [0.2, 0.25) is 0 Å². The van der Waals surface area contributed by atoms with Crippen molar-refractivity contribution in [2.75, 3.05) is 26.7 Å². The molecule has 3 nitrogen and oxygen atoms in total. The third kappa shape index (κ3) is 4.44. The molecule has 112 valence electrons. The lowest BCUT2D eigenvalue weighted by Gasteiger charge is -2.37. The molecule has 1 N–H and O–H groups in total. The van der Waals surface area contributed by atoms with E-state index in [1.807, 2.05) is 7.11 Å². The summed E-state index contributed by atoms with van der Waals surface area (Å²) >= 11 is 0. The highest BCUT2D eigenvalue weighted by Crippen LogP contribution is 2.25. The maximum atomic E-state index is 5.47. The molecule has 1 aliphatic carbocycles. The highest BCUT2D eigenvalue weighted by molar-refractivity contribution is 4.87. The van der Waals surface area contributed by atoms with Gasteiger partial charge in [0.15, 0.2) is 0 Å². The van der Waals surface area contributed by atoms with Gasteiger partial charge in [-0.25, -0.2) is 0 Å². The van der Waals surface area contributed by atoms with Gasteiger partial charge in [-0.05, 0) is 64.5 Å². The number of rotatable bonds is 6. The molecule has 1 saturated heterocycles. The SMILES string of the molecule is CCCN1CCCC(C(C)NC2CCC(OC)C2)C1. The predicted octanol–water partition coefficient (Wildman–Crippen LogP) is 2.65. The maximum Gasteiger partial charge on any atom is 0.0586 e. The fourth-order valence-corrected chi connectivity index (χ4v) is 3.83. The lowest BCUT2D eigenvalue weighted by atomic mass is 9.91. The van der Waals surface area contributed by atoms with E-state index in [1.54, 1.807) is 0 Å². The highest BCUT2D eigenvalue weighted by Gasteiger charge is 2.29. The molecule has 0 aromatic rings. The van der Waals surface area contributed by atoms with Gasteiger partial charge in [0.05, 0.1) is 6.10 Å². The Morgan fingerprint density at radius 3 is 2.84 bits per heavy atom. The van der Waals surface area contributed by atoms with E-state index in [-0.39, 0.29) is 0 Å². The van der Waals surface area contributed by atoms with Crippen LogP contribution in [-0.4, -0.2) is 49.8 Å². The minimum atomic E-state index is 0.493. The van der Waals surface area contributed by atoms with E-state index in [2.05, 4.69) is 24.1 Å². The van der Waals surface area contributed by atoms with Crippen LogP contribution >= 0.6 is 0 Å². The van der Waals surface area contributed by atoms with Crippen LogP contribution in [0, 0.1) is 5.92 Å². The van der Waals surface area contributed by atoms with Crippen LogP contribution in [0.2, 0.25) is 0 Å². The van der Waals surface area contributed by atoms with Crippen molar-refractivity contribution in [2.45, 2.75) is 70.6 Å². The van der Waals surface area contributed by atoms with E-state index >= 15 is 0 Å². The number of likely N-dealkylation sites (tertiary alicyclic amines) is 1. The smallest absolute Gasteiger partial charge is 0.0586 e. The van der Waals surface area contributed by atoms with Crippen LogP contribution in [-0.2, 0) is 4.74 Å². The Bertz CT molecular complexity index is 257. The van der Waals surface area contributed by atoms with Gasteiger partial charge in [-0.15, -0.1) is 0 Å². The molecule has 4 atom stereocenters. The minimum absolute atomic E-state index is 0.493. The number of piperidine rings is 1. The topological polar surface area (TPSA) is 24.5 Å². The Kier molecular flexibility index (Phi) is 6.11. The quantitative estimate of drug-likeness (QED) is 0.801. The summed E-state index contributed by atoms with van der Waals surface area (Å²) in [6, 6.07) is 1.33. The van der Waals surface area contributed by atoms with Gasteiger partial charge in [0.1, 0.15) is 0 Å². The third-order valence-electron chi connectivity index (χ3n) is 5.01. The molecule has 0 amide bonds. The Morgan fingerprint density at radius 1 is 1.32 bits per heavy atom. The summed E-state index contributed by atoms with van der Waals surface area (Å²) in [6.07, 6.45) is 8.27. The maximum absolute atomic E-state index is 5.47. The zero-order valence-electron chi connectivity index (χ0n) is 13.0. The van der Waals surface area contributed by atoms with Gasteiger partial charge in [-0.3, -0.25) is 0 Å². The molecule has 2 fully saturated rings. The summed E-state index contributed by atoms with van der Waals surface area (Å²) in [7, 11) is 1.85. The van der Waals surface area contributed by atoms with Gasteiger partial charge < -0.3 is 15.0 Å². The number of ether oxygens (including phenoxy) is 1. The molecule has 0 spiro atoms. The Morgan fingerprint density at radius 2 is 2.16 bits per heavy atom. The Hall–Kier alpha value is -0.120. The first-order valence-corrected chi connectivity index (χ1v) is 8.24. The molecule has 4 unspecified atom stereocenters. The second-order valence-corrected chi connectivity index (χ2v) is 6.53. The fourth-order valence-electron chi connectivity index (χ4n) is 3.83. The molecular formula is C16H32N2O. The van der Waals surface area contributed by atoms with E-state index in [9.17, 15) is 0 Å². The van der Waals surface area contributed by atoms with Crippen LogP contribution in [0.25, 0.3) is 0 Å². The molecule has 1 saturated carbocycles. The van der Waals surface area contributed by atoms with Crippen molar-refractivity contribution in [3.05, 3.63) is 0 Å². The Labute approximate surface area is 119 Å². The third-order valence-corrected chi connectivity index (χ3v) is 5.01. The minimum Gasteiger partial charge on any atom is -0.381 e. The van der Waals surface area contributed by atoms with E-state index in [0.29, 0.717) is 18.2 Å². The van der Waals surface area contributed by atoms with Crippen molar-refractivity contribution in [3.8, 4) is 0 Å². The molecular weight excluding hydrogens is 236 g/mol. The highest BCUT2D eigenvalue weighted by atomic mass is 16.5. The lowest BCUT2D eigenvalue weighted by molar-refractivity contribution is 0.104. The van der Waals surface area contributed by atoms with Crippen LogP contribution < -0.4 is 5.32 Å². The monoisotopic (exact) mass is 268 g/mol. The molecule has 0 radical (unpaired) electrons. The number of nitrogens with one attached hydrogen (secondary N) is 1. The van der Waals surface area contributed by atoms with Crippen molar-refractivity contribution in [1.82, 2.24) is 10.2 Å². The van der Waals surface area contributed by atoms with Gasteiger partial charge >= 0.3 is 0 Å². The summed E-state index contributed by atoms with van der Waals surface area (Å²) < 4.78 is 5.47. The normalized spacial score (nSPS) is 34.6. The first-order valence-electron chi connectivity index (χ1n) is 8.24. The van der Waals surface area contributed by atoms with Crippen molar-refractivity contribution < 1.29 is 4.74 Å². The molecule has 2 rings (SSSR count). The Balaban J connectivity index is 1.74. The van der Waals surface area contributed by atoms with Crippen molar-refractivity contribution in [1.29, 1.82) is 0 Å². The van der Waals surface area contributed by atoms with E-state index in [1.165, 1.54) is 58.2 Å². The summed E-state index contributed by atoms with van der Waals surface area (Å²) in [5.74, 6) is 0.835. The van der Waals surface area contributed by atoms with Crippen molar-refractivity contribution in [2.24, 2.45) is 5.92 Å². The van der Waals surface area contributed by atoms with Gasteiger partial charge in [-0.2, -0.15) is 0 Å². The van der Waals surface area contributed by atoms with E-state index in [4.69, 9.17) is 4.74 Å². The fraction of sp³-hybridized carbons (Fsp3) is 1.00. The molecule has 2 aliphatic rings. The van der Waals surface area contributed by atoms with E-state index < -0.39 is 0 Å². The summed E-state index contributed by atoms with van der Waals surface area (Å²) in [6.45, 7) is 8.56. The second-order valence-electron chi connectivity index (χ2n) is 6.53.